The highest BCUT2D eigenvalue weighted by Gasteiger charge is 2.03. The second-order valence-electron chi connectivity index (χ2n) is 3.63. The van der Waals surface area contributed by atoms with E-state index in [0.717, 1.165) is 16.9 Å². The minimum atomic E-state index is 0.331. The third-order valence-corrected chi connectivity index (χ3v) is 2.89. The number of hydrogen-bond acceptors (Lipinski definition) is 4. The van der Waals surface area contributed by atoms with E-state index < -0.39 is 0 Å². The van der Waals surface area contributed by atoms with Crippen molar-refractivity contribution in [2.24, 2.45) is 5.73 Å². The molecular weight excluding hydrogens is 268 g/mol. The Bertz CT molecular complexity index is 559. The van der Waals surface area contributed by atoms with Gasteiger partial charge in [-0.05, 0) is 30.3 Å². The maximum atomic E-state index is 6.13. The largest absolute Gasteiger partial charge is 0.389 e. The molecule has 6 heteroatoms. The third kappa shape index (κ3) is 3.15. The summed E-state index contributed by atoms with van der Waals surface area (Å²) < 4.78 is 0. The van der Waals surface area contributed by atoms with Gasteiger partial charge in [-0.15, -0.1) is 0 Å². The number of nitrogens with two attached hydrogens (primary N) is 1. The van der Waals surface area contributed by atoms with Crippen molar-refractivity contribution in [2.75, 3.05) is 5.32 Å². The number of anilines is 1. The molecule has 0 fully saturated rings. The number of halogens is 1. The van der Waals surface area contributed by atoms with E-state index in [1.54, 1.807) is 12.3 Å². The standard InChI is InChI=1S/C12H11ClN4S/c13-10-6-8(12(14)18)3-4-11(10)15-7-9-2-1-5-16-17-9/h1-6,15H,7H2,(H2,14,18). The van der Waals surface area contributed by atoms with E-state index in [1.165, 1.54) is 0 Å². The second kappa shape index (κ2) is 5.75. The van der Waals surface area contributed by atoms with Crippen LogP contribution in [0.3, 0.4) is 0 Å². The molecule has 0 radical (unpaired) electrons. The van der Waals surface area contributed by atoms with Crippen molar-refractivity contribution in [2.45, 2.75) is 6.54 Å². The van der Waals surface area contributed by atoms with Gasteiger partial charge in [0.1, 0.15) is 4.99 Å². The van der Waals surface area contributed by atoms with Crippen LogP contribution in [0.4, 0.5) is 5.69 Å². The van der Waals surface area contributed by atoms with Crippen molar-refractivity contribution in [3.8, 4) is 0 Å². The molecule has 18 heavy (non-hydrogen) atoms. The Morgan fingerprint density at radius 3 is 2.83 bits per heavy atom. The number of nitrogens with one attached hydrogen (secondary N) is 1. The van der Waals surface area contributed by atoms with Crippen LogP contribution in [0.15, 0.2) is 36.5 Å². The van der Waals surface area contributed by atoms with Crippen molar-refractivity contribution < 1.29 is 0 Å². The summed E-state index contributed by atoms with van der Waals surface area (Å²) in [4.78, 5) is 0.331. The minimum Gasteiger partial charge on any atom is -0.389 e. The second-order valence-corrected chi connectivity index (χ2v) is 4.47. The molecule has 1 aromatic heterocycles. The highest BCUT2D eigenvalue weighted by molar-refractivity contribution is 7.80. The Balaban J connectivity index is 2.08. The summed E-state index contributed by atoms with van der Waals surface area (Å²) in [5.41, 5.74) is 7.93. The number of nitrogens with zero attached hydrogens (tertiary/aromatic N) is 2. The molecule has 0 bridgehead atoms. The average molecular weight is 279 g/mol. The van der Waals surface area contributed by atoms with Gasteiger partial charge in [-0.3, -0.25) is 0 Å². The number of thiocarbonyl (C=S) groups is 1. The lowest BCUT2D eigenvalue weighted by Gasteiger charge is -2.08. The molecule has 2 rings (SSSR count). The number of rotatable bonds is 4. The van der Waals surface area contributed by atoms with E-state index in [2.05, 4.69) is 15.5 Å². The molecule has 0 aliphatic carbocycles. The van der Waals surface area contributed by atoms with E-state index in [1.807, 2.05) is 24.3 Å². The van der Waals surface area contributed by atoms with Crippen LogP contribution in [0.1, 0.15) is 11.3 Å². The van der Waals surface area contributed by atoms with Crippen molar-refractivity contribution in [1.29, 1.82) is 0 Å². The van der Waals surface area contributed by atoms with E-state index in [9.17, 15) is 0 Å². The Labute approximate surface area is 115 Å². The Hall–Kier alpha value is -1.72. The molecule has 4 nitrogen and oxygen atoms in total. The SMILES string of the molecule is NC(=S)c1ccc(NCc2cccnn2)c(Cl)c1. The van der Waals surface area contributed by atoms with Gasteiger partial charge in [0.25, 0.3) is 0 Å². The van der Waals surface area contributed by atoms with E-state index in [4.69, 9.17) is 29.6 Å². The number of benzene rings is 1. The maximum Gasteiger partial charge on any atom is 0.104 e. The van der Waals surface area contributed by atoms with E-state index >= 15 is 0 Å². The van der Waals surface area contributed by atoms with Crippen LogP contribution in [0.2, 0.25) is 5.02 Å². The van der Waals surface area contributed by atoms with Gasteiger partial charge >= 0.3 is 0 Å². The summed E-state index contributed by atoms with van der Waals surface area (Å²) in [6.45, 7) is 0.556. The van der Waals surface area contributed by atoms with Gasteiger partial charge < -0.3 is 11.1 Å². The fourth-order valence-electron chi connectivity index (χ4n) is 1.43. The zero-order chi connectivity index (χ0) is 13.0. The summed E-state index contributed by atoms with van der Waals surface area (Å²) >= 11 is 11.0. The summed E-state index contributed by atoms with van der Waals surface area (Å²) in [5.74, 6) is 0. The van der Waals surface area contributed by atoms with Crippen LogP contribution in [0, 0.1) is 0 Å². The molecule has 0 unspecified atom stereocenters. The lowest BCUT2D eigenvalue weighted by molar-refractivity contribution is 0.925. The van der Waals surface area contributed by atoms with E-state index in [-0.39, 0.29) is 0 Å². The van der Waals surface area contributed by atoms with Gasteiger partial charge in [-0.1, -0.05) is 23.8 Å². The Morgan fingerprint density at radius 1 is 1.39 bits per heavy atom. The lowest BCUT2D eigenvalue weighted by Crippen LogP contribution is -2.09. The van der Waals surface area contributed by atoms with Crippen molar-refractivity contribution in [3.63, 3.8) is 0 Å². The zero-order valence-corrected chi connectivity index (χ0v) is 11.0. The van der Waals surface area contributed by atoms with Gasteiger partial charge in [0.2, 0.25) is 0 Å². The summed E-state index contributed by atoms with van der Waals surface area (Å²) in [5, 5.41) is 11.5. The normalized spacial score (nSPS) is 10.1. The summed E-state index contributed by atoms with van der Waals surface area (Å²) in [6, 6.07) is 9.13. The fourth-order valence-corrected chi connectivity index (χ4v) is 1.80. The minimum absolute atomic E-state index is 0.331. The molecule has 1 aromatic carbocycles. The number of hydrogen-bond donors (Lipinski definition) is 2. The first kappa shape index (κ1) is 12.7. The Morgan fingerprint density at radius 2 is 2.22 bits per heavy atom. The molecule has 0 aliphatic rings. The van der Waals surface area contributed by atoms with Crippen LogP contribution in [0.25, 0.3) is 0 Å². The van der Waals surface area contributed by atoms with Crippen LogP contribution < -0.4 is 11.1 Å². The number of aromatic nitrogens is 2. The molecule has 0 saturated carbocycles. The predicted octanol–water partition coefficient (Wildman–Crippen LogP) is 2.38. The lowest BCUT2D eigenvalue weighted by atomic mass is 10.2. The predicted molar refractivity (Wildman–Crippen MR) is 76.7 cm³/mol. The quantitative estimate of drug-likeness (QED) is 0.841. The third-order valence-electron chi connectivity index (χ3n) is 2.34. The molecule has 92 valence electrons. The molecule has 3 N–H and O–H groups in total. The maximum absolute atomic E-state index is 6.13. The monoisotopic (exact) mass is 278 g/mol. The molecule has 2 aromatic rings. The molecule has 1 heterocycles. The molecular formula is C12H11ClN4S. The van der Waals surface area contributed by atoms with Gasteiger partial charge in [-0.2, -0.15) is 10.2 Å². The van der Waals surface area contributed by atoms with Gasteiger partial charge in [-0.25, -0.2) is 0 Å². The summed E-state index contributed by atoms with van der Waals surface area (Å²) in [7, 11) is 0. The fraction of sp³-hybridized carbons (Fsp3) is 0.0833. The molecule has 0 atom stereocenters. The molecule has 0 spiro atoms. The van der Waals surface area contributed by atoms with Crippen molar-refractivity contribution in [3.05, 3.63) is 52.8 Å². The van der Waals surface area contributed by atoms with Crippen LogP contribution >= 0.6 is 23.8 Å². The molecule has 0 saturated heterocycles. The first-order chi connectivity index (χ1) is 8.66. The average Bonchev–Trinajstić information content (AvgIpc) is 2.38. The summed E-state index contributed by atoms with van der Waals surface area (Å²) in [6.07, 6.45) is 1.63. The smallest absolute Gasteiger partial charge is 0.104 e. The first-order valence-corrected chi connectivity index (χ1v) is 6.05. The highest BCUT2D eigenvalue weighted by atomic mass is 35.5. The van der Waals surface area contributed by atoms with Crippen LogP contribution in [-0.4, -0.2) is 15.2 Å². The molecule has 0 amide bonds. The zero-order valence-electron chi connectivity index (χ0n) is 9.43. The van der Waals surface area contributed by atoms with Crippen molar-refractivity contribution >= 4 is 34.5 Å². The van der Waals surface area contributed by atoms with E-state index in [0.29, 0.717) is 16.6 Å². The highest BCUT2D eigenvalue weighted by Crippen LogP contribution is 2.23. The van der Waals surface area contributed by atoms with Gasteiger partial charge in [0.15, 0.2) is 0 Å². The first-order valence-electron chi connectivity index (χ1n) is 5.26. The van der Waals surface area contributed by atoms with Crippen LogP contribution in [-0.2, 0) is 6.54 Å². The van der Waals surface area contributed by atoms with Crippen molar-refractivity contribution in [1.82, 2.24) is 10.2 Å². The van der Waals surface area contributed by atoms with Crippen LogP contribution in [0.5, 0.6) is 0 Å². The van der Waals surface area contributed by atoms with Gasteiger partial charge in [0, 0.05) is 11.8 Å². The Kier molecular flexibility index (Phi) is 4.07. The van der Waals surface area contributed by atoms with Gasteiger partial charge in [0.05, 0.1) is 22.9 Å². The molecule has 0 aliphatic heterocycles. The topological polar surface area (TPSA) is 63.8 Å².